The van der Waals surface area contributed by atoms with E-state index in [9.17, 15) is 9.18 Å². The molecule has 0 radical (unpaired) electrons. The van der Waals surface area contributed by atoms with Crippen LogP contribution >= 0.6 is 22.9 Å². The van der Waals surface area contributed by atoms with Crippen molar-refractivity contribution in [2.45, 2.75) is 6.42 Å². The molecule has 0 atom stereocenters. The van der Waals surface area contributed by atoms with Crippen LogP contribution in [0.15, 0.2) is 42.5 Å². The van der Waals surface area contributed by atoms with Gasteiger partial charge >= 0.3 is 0 Å². The van der Waals surface area contributed by atoms with E-state index in [-0.39, 0.29) is 17.2 Å². The number of Topliss-reactive ketones (excluding diaryl/α,β-unsaturated/α-hetero) is 1. The van der Waals surface area contributed by atoms with E-state index in [2.05, 4.69) is 4.98 Å². The zero-order chi connectivity index (χ0) is 14.1. The second kappa shape index (κ2) is 5.31. The largest absolute Gasteiger partial charge is 0.294 e. The molecule has 1 aromatic heterocycles. The second-order valence-corrected chi connectivity index (χ2v) is 5.83. The van der Waals surface area contributed by atoms with Gasteiger partial charge in [0.05, 0.1) is 21.7 Å². The number of para-hydroxylation sites is 1. The Morgan fingerprint density at radius 3 is 2.80 bits per heavy atom. The van der Waals surface area contributed by atoms with Gasteiger partial charge in [-0.2, -0.15) is 0 Å². The van der Waals surface area contributed by atoms with E-state index in [0.717, 1.165) is 21.3 Å². The molecular formula is C15H9ClFNOS. The number of hydrogen-bond donors (Lipinski definition) is 0. The van der Waals surface area contributed by atoms with Gasteiger partial charge in [-0.3, -0.25) is 4.79 Å². The molecule has 0 N–H and O–H groups in total. The van der Waals surface area contributed by atoms with Crippen molar-refractivity contribution in [2.24, 2.45) is 0 Å². The van der Waals surface area contributed by atoms with Gasteiger partial charge in [0, 0.05) is 5.56 Å². The van der Waals surface area contributed by atoms with Crippen LogP contribution in [0.5, 0.6) is 0 Å². The van der Waals surface area contributed by atoms with Crippen LogP contribution < -0.4 is 0 Å². The van der Waals surface area contributed by atoms with Gasteiger partial charge in [0.15, 0.2) is 5.78 Å². The molecule has 0 bridgehead atoms. The van der Waals surface area contributed by atoms with Gasteiger partial charge in [0.1, 0.15) is 10.8 Å². The Hall–Kier alpha value is -1.78. The molecule has 20 heavy (non-hydrogen) atoms. The molecule has 1 heterocycles. The van der Waals surface area contributed by atoms with E-state index < -0.39 is 5.82 Å². The molecule has 0 amide bonds. The number of ketones is 1. The molecule has 0 saturated heterocycles. The highest BCUT2D eigenvalue weighted by Crippen LogP contribution is 2.23. The maximum atomic E-state index is 13.3. The molecule has 0 saturated carbocycles. The molecule has 0 aliphatic carbocycles. The molecule has 2 aromatic carbocycles. The Bertz CT molecular complexity index is 766. The molecule has 5 heteroatoms. The SMILES string of the molecule is O=C(Cc1nc2ccccc2s1)c1ccc(Cl)c(F)c1. The summed E-state index contributed by atoms with van der Waals surface area (Å²) in [6, 6.07) is 11.8. The highest BCUT2D eigenvalue weighted by Gasteiger charge is 2.12. The van der Waals surface area contributed by atoms with E-state index in [1.165, 1.54) is 23.5 Å². The molecule has 0 spiro atoms. The van der Waals surface area contributed by atoms with Crippen molar-refractivity contribution in [1.82, 2.24) is 4.98 Å². The van der Waals surface area contributed by atoms with E-state index in [1.807, 2.05) is 24.3 Å². The van der Waals surface area contributed by atoms with Gasteiger partial charge < -0.3 is 0 Å². The van der Waals surface area contributed by atoms with Crippen molar-refractivity contribution in [3.8, 4) is 0 Å². The lowest BCUT2D eigenvalue weighted by Gasteiger charge is -2.00. The molecule has 3 rings (SSSR count). The molecule has 0 unspecified atom stereocenters. The van der Waals surface area contributed by atoms with Gasteiger partial charge in [-0.25, -0.2) is 9.37 Å². The maximum Gasteiger partial charge on any atom is 0.169 e. The van der Waals surface area contributed by atoms with Crippen LogP contribution in [0.25, 0.3) is 10.2 Å². The fourth-order valence-electron chi connectivity index (χ4n) is 1.90. The van der Waals surface area contributed by atoms with Gasteiger partial charge in [-0.1, -0.05) is 23.7 Å². The zero-order valence-electron chi connectivity index (χ0n) is 10.3. The molecule has 100 valence electrons. The first-order chi connectivity index (χ1) is 9.63. The summed E-state index contributed by atoms with van der Waals surface area (Å²) in [4.78, 5) is 16.5. The third-order valence-electron chi connectivity index (χ3n) is 2.89. The summed E-state index contributed by atoms with van der Waals surface area (Å²) >= 11 is 7.08. The minimum absolute atomic E-state index is 0.0153. The molecule has 0 aliphatic heterocycles. The summed E-state index contributed by atoms with van der Waals surface area (Å²) < 4.78 is 14.4. The van der Waals surface area contributed by atoms with Gasteiger partial charge in [-0.05, 0) is 30.3 Å². The normalized spacial score (nSPS) is 10.9. The number of hydrogen-bond acceptors (Lipinski definition) is 3. The molecule has 0 aliphatic rings. The topological polar surface area (TPSA) is 30.0 Å². The number of carbonyl (C=O) groups excluding carboxylic acids is 1. The predicted molar refractivity (Wildman–Crippen MR) is 79.1 cm³/mol. The molecule has 0 fully saturated rings. The summed E-state index contributed by atoms with van der Waals surface area (Å²) in [6.45, 7) is 0. The Morgan fingerprint density at radius 1 is 1.25 bits per heavy atom. The van der Waals surface area contributed by atoms with E-state index in [1.54, 1.807) is 0 Å². The quantitative estimate of drug-likeness (QED) is 0.666. The van der Waals surface area contributed by atoms with Crippen molar-refractivity contribution in [2.75, 3.05) is 0 Å². The van der Waals surface area contributed by atoms with Crippen LogP contribution in [0, 0.1) is 5.82 Å². The lowest BCUT2D eigenvalue weighted by molar-refractivity contribution is 0.0992. The number of aromatic nitrogens is 1. The monoisotopic (exact) mass is 305 g/mol. The van der Waals surface area contributed by atoms with Crippen LogP contribution in [0.3, 0.4) is 0 Å². The second-order valence-electron chi connectivity index (χ2n) is 4.30. The number of carbonyl (C=O) groups is 1. The van der Waals surface area contributed by atoms with E-state index in [4.69, 9.17) is 11.6 Å². The number of rotatable bonds is 3. The summed E-state index contributed by atoms with van der Waals surface area (Å²) in [6.07, 6.45) is 0.167. The Balaban J connectivity index is 1.86. The zero-order valence-corrected chi connectivity index (χ0v) is 11.8. The lowest BCUT2D eigenvalue weighted by atomic mass is 10.1. The minimum atomic E-state index is -0.582. The van der Waals surface area contributed by atoms with E-state index in [0.29, 0.717) is 5.56 Å². The Labute approximate surface area is 123 Å². The summed E-state index contributed by atoms with van der Waals surface area (Å²) in [5.74, 6) is -0.749. The van der Waals surface area contributed by atoms with Crippen LogP contribution in [0.4, 0.5) is 4.39 Å². The average molecular weight is 306 g/mol. The number of fused-ring (bicyclic) bond motifs is 1. The van der Waals surface area contributed by atoms with Gasteiger partial charge in [-0.15, -0.1) is 11.3 Å². The maximum absolute atomic E-state index is 13.3. The number of benzene rings is 2. The predicted octanol–water partition coefficient (Wildman–Crippen LogP) is 4.51. The smallest absolute Gasteiger partial charge is 0.169 e. The van der Waals surface area contributed by atoms with Crippen molar-refractivity contribution in [1.29, 1.82) is 0 Å². The number of nitrogens with zero attached hydrogens (tertiary/aromatic N) is 1. The van der Waals surface area contributed by atoms with Crippen LogP contribution in [-0.2, 0) is 6.42 Å². The third-order valence-corrected chi connectivity index (χ3v) is 4.23. The Morgan fingerprint density at radius 2 is 2.05 bits per heavy atom. The first-order valence-electron chi connectivity index (χ1n) is 5.96. The minimum Gasteiger partial charge on any atom is -0.294 e. The van der Waals surface area contributed by atoms with Gasteiger partial charge in [0.25, 0.3) is 0 Å². The summed E-state index contributed by atoms with van der Waals surface area (Å²) in [7, 11) is 0. The van der Waals surface area contributed by atoms with Crippen molar-refractivity contribution in [3.63, 3.8) is 0 Å². The third kappa shape index (κ3) is 2.57. The molecule has 3 aromatic rings. The highest BCUT2D eigenvalue weighted by atomic mass is 35.5. The Kier molecular flexibility index (Phi) is 3.51. The molecule has 2 nitrogen and oxygen atoms in total. The van der Waals surface area contributed by atoms with Gasteiger partial charge in [0.2, 0.25) is 0 Å². The average Bonchev–Trinajstić information content (AvgIpc) is 2.83. The van der Waals surface area contributed by atoms with Crippen molar-refractivity contribution < 1.29 is 9.18 Å². The fourth-order valence-corrected chi connectivity index (χ4v) is 2.99. The van der Waals surface area contributed by atoms with Crippen molar-refractivity contribution in [3.05, 3.63) is 63.9 Å². The summed E-state index contributed by atoms with van der Waals surface area (Å²) in [5.41, 5.74) is 1.19. The fraction of sp³-hybridized carbons (Fsp3) is 0.0667. The molecular weight excluding hydrogens is 297 g/mol. The highest BCUT2D eigenvalue weighted by molar-refractivity contribution is 7.18. The van der Waals surface area contributed by atoms with Crippen LogP contribution in [0.2, 0.25) is 5.02 Å². The van der Waals surface area contributed by atoms with Crippen molar-refractivity contribution >= 4 is 38.9 Å². The lowest BCUT2D eigenvalue weighted by Crippen LogP contribution is -2.03. The van der Waals surface area contributed by atoms with Crippen LogP contribution in [0.1, 0.15) is 15.4 Å². The summed E-state index contributed by atoms with van der Waals surface area (Å²) in [5, 5.41) is 0.744. The number of thiazole rings is 1. The first-order valence-corrected chi connectivity index (χ1v) is 7.15. The van der Waals surface area contributed by atoms with Crippen LogP contribution in [-0.4, -0.2) is 10.8 Å². The standard InChI is InChI=1S/C15H9ClFNOS/c16-10-6-5-9(7-11(10)17)13(19)8-15-18-12-3-1-2-4-14(12)20-15/h1-7H,8H2. The number of halogens is 2. The van der Waals surface area contributed by atoms with E-state index >= 15 is 0 Å². The first kappa shape index (κ1) is 13.2.